The second-order valence-electron chi connectivity index (χ2n) is 11.3. The summed E-state index contributed by atoms with van der Waals surface area (Å²) >= 11 is 0. The molecule has 1 aliphatic carbocycles. The van der Waals surface area contributed by atoms with Crippen molar-refractivity contribution in [2.45, 2.75) is 48.5 Å². The fraction of sp³-hybridized carbons (Fsp3) is 0.389. The molecule has 1 atom stereocenters. The molecule has 0 bridgehead atoms. The van der Waals surface area contributed by atoms with Crippen LogP contribution in [0.4, 0.5) is 0 Å². The van der Waals surface area contributed by atoms with Gasteiger partial charge in [0.2, 0.25) is 0 Å². The van der Waals surface area contributed by atoms with E-state index in [1.54, 1.807) is 42.7 Å². The lowest BCUT2D eigenvalue weighted by Gasteiger charge is -2.43. The van der Waals surface area contributed by atoms with E-state index >= 15 is 0 Å². The lowest BCUT2D eigenvalue weighted by molar-refractivity contribution is 0.355. The molecule has 6 nitrogen and oxygen atoms in total. The van der Waals surface area contributed by atoms with Crippen LogP contribution in [0.2, 0.25) is 0 Å². The largest absolute Gasteiger partial charge is 0.493 e. The van der Waals surface area contributed by atoms with Gasteiger partial charge in [0.1, 0.15) is 0 Å². The Morgan fingerprint density at radius 1 is 0.465 bits per heavy atom. The first-order chi connectivity index (χ1) is 20.5. The Hall–Kier alpha value is -3.84. The van der Waals surface area contributed by atoms with Crippen LogP contribution in [0.15, 0.2) is 58.3 Å². The van der Waals surface area contributed by atoms with Gasteiger partial charge < -0.3 is 28.4 Å². The molecule has 4 rings (SSSR count). The van der Waals surface area contributed by atoms with Crippen molar-refractivity contribution in [3.63, 3.8) is 0 Å². The summed E-state index contributed by atoms with van der Waals surface area (Å²) in [7, 11) is 6.78. The van der Waals surface area contributed by atoms with Crippen LogP contribution in [0.3, 0.4) is 0 Å². The number of aryl methyl sites for hydroxylation is 3. The van der Waals surface area contributed by atoms with E-state index in [9.17, 15) is 0 Å². The normalized spacial score (nSPS) is 15.1. The SMILES string of the molecule is COc1ccc(C)c([Si](C2=C(C)C(C)=C(C)C2C)(c2c(C)ccc(OC)c2OC)c2c(C)ccc(OC)c2OC)c1OC. The Balaban J connectivity index is 2.54. The Bertz CT molecular complexity index is 1470. The topological polar surface area (TPSA) is 55.4 Å². The predicted molar refractivity (Wildman–Crippen MR) is 178 cm³/mol. The van der Waals surface area contributed by atoms with Gasteiger partial charge in [-0.05, 0) is 87.9 Å². The molecule has 0 aliphatic heterocycles. The highest BCUT2D eigenvalue weighted by molar-refractivity contribution is 7.18. The smallest absolute Gasteiger partial charge is 0.191 e. The average molecular weight is 603 g/mol. The molecule has 0 saturated carbocycles. The van der Waals surface area contributed by atoms with Crippen molar-refractivity contribution in [1.29, 1.82) is 0 Å². The van der Waals surface area contributed by atoms with Crippen LogP contribution in [0.25, 0.3) is 0 Å². The fourth-order valence-corrected chi connectivity index (χ4v) is 14.1. The van der Waals surface area contributed by atoms with E-state index in [4.69, 9.17) is 28.4 Å². The number of hydrogen-bond acceptors (Lipinski definition) is 6. The third kappa shape index (κ3) is 4.69. The van der Waals surface area contributed by atoms with Crippen LogP contribution in [0.1, 0.15) is 44.4 Å². The van der Waals surface area contributed by atoms with Crippen LogP contribution in [-0.2, 0) is 0 Å². The third-order valence-electron chi connectivity index (χ3n) is 9.43. The molecule has 0 spiro atoms. The van der Waals surface area contributed by atoms with E-state index in [2.05, 4.69) is 66.7 Å². The first-order valence-corrected chi connectivity index (χ1v) is 16.6. The lowest BCUT2D eigenvalue weighted by Crippen LogP contribution is -2.72. The Labute approximate surface area is 258 Å². The number of benzene rings is 3. The van der Waals surface area contributed by atoms with E-state index in [0.717, 1.165) is 32.3 Å². The quantitative estimate of drug-likeness (QED) is 0.210. The standard InChI is InChI=1S/C36H46O6Si/c1-20-14-17-27(37-8)30(40-11)33(20)43(36-25(6)23(4)24(5)26(36)7,34-21(2)15-18-28(38-9)31(34)41-12)35-22(3)16-19-29(39-10)32(35)42-13/h14-19,25H,1-13H3. The van der Waals surface area contributed by atoms with Gasteiger partial charge in [0, 0.05) is 15.6 Å². The van der Waals surface area contributed by atoms with E-state index in [0.29, 0.717) is 34.5 Å². The van der Waals surface area contributed by atoms with Crippen LogP contribution in [-0.4, -0.2) is 50.7 Å². The van der Waals surface area contributed by atoms with Gasteiger partial charge >= 0.3 is 0 Å². The summed E-state index contributed by atoms with van der Waals surface area (Å²) in [6.07, 6.45) is 0. The minimum Gasteiger partial charge on any atom is -0.493 e. The Morgan fingerprint density at radius 2 is 0.791 bits per heavy atom. The summed E-state index contributed by atoms with van der Waals surface area (Å²) in [4.78, 5) is 0. The summed E-state index contributed by atoms with van der Waals surface area (Å²) in [5.41, 5.74) is 7.20. The molecule has 0 aromatic heterocycles. The maximum atomic E-state index is 6.35. The van der Waals surface area contributed by atoms with Gasteiger partial charge in [0.15, 0.2) is 42.6 Å². The van der Waals surface area contributed by atoms with Gasteiger partial charge in [-0.2, -0.15) is 0 Å². The molecule has 1 aliphatic rings. The molecule has 1 unspecified atom stereocenters. The molecule has 230 valence electrons. The van der Waals surface area contributed by atoms with Crippen LogP contribution < -0.4 is 44.0 Å². The zero-order valence-electron chi connectivity index (χ0n) is 28.0. The Kier molecular flexibility index (Phi) is 9.26. The van der Waals surface area contributed by atoms with E-state index in [-0.39, 0.29) is 5.92 Å². The zero-order chi connectivity index (χ0) is 31.8. The van der Waals surface area contributed by atoms with Gasteiger partial charge in [-0.25, -0.2) is 0 Å². The lowest BCUT2D eigenvalue weighted by atomic mass is 10.1. The first-order valence-electron chi connectivity index (χ1n) is 14.6. The van der Waals surface area contributed by atoms with Crippen molar-refractivity contribution in [2.75, 3.05) is 42.7 Å². The van der Waals surface area contributed by atoms with E-state index in [1.165, 1.54) is 21.9 Å². The molecule has 3 aromatic carbocycles. The van der Waals surface area contributed by atoms with Gasteiger partial charge in [-0.1, -0.05) is 41.5 Å². The Morgan fingerprint density at radius 3 is 1.02 bits per heavy atom. The monoisotopic (exact) mass is 602 g/mol. The number of hydrogen-bond donors (Lipinski definition) is 0. The average Bonchev–Trinajstić information content (AvgIpc) is 3.20. The summed E-state index contributed by atoms with van der Waals surface area (Å²) < 4.78 is 37.0. The van der Waals surface area contributed by atoms with Gasteiger partial charge in [0.05, 0.1) is 42.7 Å². The first kappa shape index (κ1) is 32.1. The van der Waals surface area contributed by atoms with Gasteiger partial charge in [0.25, 0.3) is 0 Å². The number of ether oxygens (including phenoxy) is 6. The molecule has 0 amide bonds. The van der Waals surface area contributed by atoms with Crippen LogP contribution in [0.5, 0.6) is 34.5 Å². The van der Waals surface area contributed by atoms with E-state index in [1.807, 2.05) is 18.2 Å². The molecule has 0 N–H and O–H groups in total. The van der Waals surface area contributed by atoms with Gasteiger partial charge in [-0.3, -0.25) is 0 Å². The maximum Gasteiger partial charge on any atom is 0.191 e. The summed E-state index contributed by atoms with van der Waals surface area (Å²) in [6, 6.07) is 12.3. The van der Waals surface area contributed by atoms with Crippen molar-refractivity contribution >= 4 is 23.6 Å². The van der Waals surface area contributed by atoms with Crippen molar-refractivity contribution in [2.24, 2.45) is 5.92 Å². The highest BCUT2D eigenvalue weighted by Gasteiger charge is 2.55. The summed E-state index contributed by atoms with van der Waals surface area (Å²) in [5.74, 6) is 4.26. The molecule has 3 aromatic rings. The van der Waals surface area contributed by atoms with Crippen LogP contribution in [0, 0.1) is 26.7 Å². The maximum absolute atomic E-state index is 6.35. The number of allylic oxidation sites excluding steroid dienone is 4. The predicted octanol–water partition coefficient (Wildman–Crippen LogP) is 5.98. The molecule has 43 heavy (non-hydrogen) atoms. The third-order valence-corrected chi connectivity index (χ3v) is 15.2. The molecular formula is C36H46O6Si. The van der Waals surface area contributed by atoms with Crippen molar-refractivity contribution in [3.8, 4) is 34.5 Å². The molecule has 0 fully saturated rings. The minimum absolute atomic E-state index is 0.132. The van der Waals surface area contributed by atoms with Gasteiger partial charge in [-0.15, -0.1) is 0 Å². The molecular weight excluding hydrogens is 556 g/mol. The highest BCUT2D eigenvalue weighted by atomic mass is 28.3. The number of methoxy groups -OCH3 is 6. The second kappa shape index (κ2) is 12.4. The fourth-order valence-electron chi connectivity index (χ4n) is 7.22. The molecule has 7 heteroatoms. The second-order valence-corrected chi connectivity index (χ2v) is 14.8. The molecule has 0 heterocycles. The van der Waals surface area contributed by atoms with E-state index < -0.39 is 8.07 Å². The summed E-state index contributed by atoms with van der Waals surface area (Å²) in [6.45, 7) is 15.5. The number of rotatable bonds is 10. The summed E-state index contributed by atoms with van der Waals surface area (Å²) in [5, 5.41) is 4.61. The van der Waals surface area contributed by atoms with Crippen molar-refractivity contribution < 1.29 is 28.4 Å². The molecule has 0 radical (unpaired) electrons. The van der Waals surface area contributed by atoms with Crippen LogP contribution >= 0.6 is 0 Å². The zero-order valence-corrected chi connectivity index (χ0v) is 29.0. The minimum atomic E-state index is -3.45. The van der Waals surface area contributed by atoms with Crippen molar-refractivity contribution in [3.05, 3.63) is 75.0 Å². The highest BCUT2D eigenvalue weighted by Crippen LogP contribution is 2.47. The van der Waals surface area contributed by atoms with Crippen molar-refractivity contribution in [1.82, 2.24) is 0 Å². The molecule has 0 saturated heterocycles.